The van der Waals surface area contributed by atoms with Crippen LogP contribution in [0.25, 0.3) is 5.65 Å². The van der Waals surface area contributed by atoms with E-state index in [1.54, 1.807) is 6.07 Å². The van der Waals surface area contributed by atoms with Crippen molar-refractivity contribution in [3.63, 3.8) is 0 Å². The number of aromatic nitrogens is 2. The number of fused-ring (bicyclic) bond motifs is 1. The van der Waals surface area contributed by atoms with E-state index in [-0.39, 0.29) is 0 Å². The molecule has 0 amide bonds. The summed E-state index contributed by atoms with van der Waals surface area (Å²) in [5.41, 5.74) is 1.69. The maximum atomic E-state index is 5.78. The minimum absolute atomic E-state index is 0.430. The second-order valence-electron chi connectivity index (χ2n) is 2.48. The normalized spacial score (nSPS) is 10.8. The van der Waals surface area contributed by atoms with Crippen molar-refractivity contribution in [2.24, 2.45) is 0 Å². The molecule has 62 valence electrons. The second-order valence-corrected chi connectivity index (χ2v) is 3.18. The predicted octanol–water partition coefficient (Wildman–Crippen LogP) is 2.73. The van der Waals surface area contributed by atoms with Crippen molar-refractivity contribution in [2.75, 3.05) is 0 Å². The quantitative estimate of drug-likeness (QED) is 0.648. The molecular weight excluding hydrogens is 195 g/mol. The van der Waals surface area contributed by atoms with Gasteiger partial charge in [0.25, 0.3) is 0 Å². The molecule has 0 aliphatic heterocycles. The Hall–Kier alpha value is -0.730. The number of nitrogens with zero attached hydrogens (tertiary/aromatic N) is 2. The molecule has 0 bridgehead atoms. The minimum atomic E-state index is 0.430. The van der Waals surface area contributed by atoms with Crippen LogP contribution in [-0.4, -0.2) is 9.38 Å². The molecule has 0 spiro atoms. The lowest BCUT2D eigenvalue weighted by atomic mass is 10.5. The smallest absolute Gasteiger partial charge is 0.138 e. The van der Waals surface area contributed by atoms with Gasteiger partial charge in [-0.1, -0.05) is 11.6 Å². The SMILES string of the molecule is ClCc1cn2ccc(Cl)cc2n1. The second kappa shape index (κ2) is 2.96. The number of halogens is 2. The predicted molar refractivity (Wildman–Crippen MR) is 49.8 cm³/mol. The molecule has 0 aliphatic rings. The first kappa shape index (κ1) is 7.90. The third kappa shape index (κ3) is 1.28. The van der Waals surface area contributed by atoms with Crippen LogP contribution in [0, 0.1) is 0 Å². The van der Waals surface area contributed by atoms with E-state index in [4.69, 9.17) is 23.2 Å². The van der Waals surface area contributed by atoms with Crippen LogP contribution in [0.4, 0.5) is 0 Å². The van der Waals surface area contributed by atoms with Gasteiger partial charge < -0.3 is 4.40 Å². The number of hydrogen-bond donors (Lipinski definition) is 0. The van der Waals surface area contributed by atoms with Crippen LogP contribution in [0.15, 0.2) is 24.5 Å². The number of hydrogen-bond acceptors (Lipinski definition) is 1. The Kier molecular flexibility index (Phi) is 1.95. The highest BCUT2D eigenvalue weighted by molar-refractivity contribution is 6.30. The van der Waals surface area contributed by atoms with E-state index < -0.39 is 0 Å². The standard InChI is InChI=1S/C8H6Cl2N2/c9-4-7-5-12-2-1-6(10)3-8(12)11-7/h1-3,5H,4H2. The first-order chi connectivity index (χ1) is 5.79. The van der Waals surface area contributed by atoms with E-state index in [0.29, 0.717) is 10.9 Å². The largest absolute Gasteiger partial charge is 0.307 e. The average molecular weight is 201 g/mol. The Bertz CT molecular complexity index is 408. The monoisotopic (exact) mass is 200 g/mol. The first-order valence-electron chi connectivity index (χ1n) is 3.49. The molecule has 2 aromatic heterocycles. The zero-order valence-electron chi connectivity index (χ0n) is 6.17. The molecule has 0 aromatic carbocycles. The van der Waals surface area contributed by atoms with Gasteiger partial charge in [0, 0.05) is 17.4 Å². The van der Waals surface area contributed by atoms with Crippen LogP contribution in [0.3, 0.4) is 0 Å². The molecule has 2 heterocycles. The van der Waals surface area contributed by atoms with Crippen molar-refractivity contribution in [1.29, 1.82) is 0 Å². The van der Waals surface area contributed by atoms with Gasteiger partial charge in [-0.25, -0.2) is 4.98 Å². The average Bonchev–Trinajstić information content (AvgIpc) is 2.46. The zero-order chi connectivity index (χ0) is 8.55. The molecule has 0 fully saturated rings. The Morgan fingerprint density at radius 3 is 3.08 bits per heavy atom. The van der Waals surface area contributed by atoms with E-state index >= 15 is 0 Å². The highest BCUT2D eigenvalue weighted by Gasteiger charge is 1.99. The molecule has 4 heteroatoms. The lowest BCUT2D eigenvalue weighted by Crippen LogP contribution is -1.79. The first-order valence-corrected chi connectivity index (χ1v) is 4.40. The Morgan fingerprint density at radius 2 is 2.33 bits per heavy atom. The van der Waals surface area contributed by atoms with E-state index in [9.17, 15) is 0 Å². The lowest BCUT2D eigenvalue weighted by molar-refractivity contribution is 1.18. The molecular formula is C8H6Cl2N2. The van der Waals surface area contributed by atoms with Crippen LogP contribution in [-0.2, 0) is 5.88 Å². The van der Waals surface area contributed by atoms with Crippen LogP contribution < -0.4 is 0 Å². The summed E-state index contributed by atoms with van der Waals surface area (Å²) in [4.78, 5) is 4.24. The van der Waals surface area contributed by atoms with Crippen LogP contribution >= 0.6 is 23.2 Å². The van der Waals surface area contributed by atoms with E-state index in [2.05, 4.69) is 4.98 Å². The van der Waals surface area contributed by atoms with Crippen molar-refractivity contribution in [1.82, 2.24) is 9.38 Å². The summed E-state index contributed by atoms with van der Waals surface area (Å²) in [5.74, 6) is 0.430. The van der Waals surface area contributed by atoms with Crippen molar-refractivity contribution in [2.45, 2.75) is 5.88 Å². The van der Waals surface area contributed by atoms with Crippen molar-refractivity contribution in [3.05, 3.63) is 35.2 Å². The Balaban J connectivity index is 2.67. The van der Waals surface area contributed by atoms with Gasteiger partial charge in [0.1, 0.15) is 5.65 Å². The molecule has 0 saturated carbocycles. The molecule has 0 unspecified atom stereocenters. The van der Waals surface area contributed by atoms with E-state index in [1.807, 2.05) is 22.9 Å². The maximum Gasteiger partial charge on any atom is 0.138 e. The number of pyridine rings is 1. The minimum Gasteiger partial charge on any atom is -0.307 e. The highest BCUT2D eigenvalue weighted by atomic mass is 35.5. The Labute approximate surface area is 79.7 Å². The summed E-state index contributed by atoms with van der Waals surface area (Å²) in [6.45, 7) is 0. The summed E-state index contributed by atoms with van der Waals surface area (Å²) in [6, 6.07) is 3.62. The summed E-state index contributed by atoms with van der Waals surface area (Å²) < 4.78 is 1.89. The van der Waals surface area contributed by atoms with Crippen molar-refractivity contribution >= 4 is 28.8 Å². The number of alkyl halides is 1. The van der Waals surface area contributed by atoms with Gasteiger partial charge in [-0.15, -0.1) is 11.6 Å². The van der Waals surface area contributed by atoms with Gasteiger partial charge in [0.2, 0.25) is 0 Å². The molecule has 12 heavy (non-hydrogen) atoms. The zero-order valence-corrected chi connectivity index (χ0v) is 7.68. The lowest BCUT2D eigenvalue weighted by Gasteiger charge is -1.90. The van der Waals surface area contributed by atoms with Gasteiger partial charge in [-0.05, 0) is 12.1 Å². The summed E-state index contributed by atoms with van der Waals surface area (Å²) >= 11 is 11.4. The third-order valence-corrected chi connectivity index (χ3v) is 2.12. The molecule has 2 rings (SSSR count). The molecule has 0 atom stereocenters. The van der Waals surface area contributed by atoms with Gasteiger partial charge in [0.15, 0.2) is 0 Å². The Morgan fingerprint density at radius 1 is 1.50 bits per heavy atom. The fourth-order valence-electron chi connectivity index (χ4n) is 1.07. The number of rotatable bonds is 1. The van der Waals surface area contributed by atoms with Crippen LogP contribution in [0.2, 0.25) is 5.02 Å². The van der Waals surface area contributed by atoms with Crippen LogP contribution in [0.5, 0.6) is 0 Å². The third-order valence-electron chi connectivity index (χ3n) is 1.61. The topological polar surface area (TPSA) is 17.3 Å². The van der Waals surface area contributed by atoms with Crippen molar-refractivity contribution in [3.8, 4) is 0 Å². The van der Waals surface area contributed by atoms with Crippen molar-refractivity contribution < 1.29 is 0 Å². The van der Waals surface area contributed by atoms with Gasteiger partial charge in [-0.3, -0.25) is 0 Å². The van der Waals surface area contributed by atoms with Gasteiger partial charge in [-0.2, -0.15) is 0 Å². The number of imidazole rings is 1. The van der Waals surface area contributed by atoms with Crippen LogP contribution in [0.1, 0.15) is 5.69 Å². The van der Waals surface area contributed by atoms with Gasteiger partial charge in [0.05, 0.1) is 11.6 Å². The van der Waals surface area contributed by atoms with E-state index in [0.717, 1.165) is 11.3 Å². The van der Waals surface area contributed by atoms with Gasteiger partial charge >= 0.3 is 0 Å². The fourth-order valence-corrected chi connectivity index (χ4v) is 1.36. The molecule has 0 aliphatic carbocycles. The highest BCUT2D eigenvalue weighted by Crippen LogP contribution is 2.12. The molecule has 2 aromatic rings. The molecule has 0 N–H and O–H groups in total. The summed E-state index contributed by atoms with van der Waals surface area (Å²) in [5, 5.41) is 0.689. The molecule has 0 radical (unpaired) electrons. The molecule has 2 nitrogen and oxygen atoms in total. The fraction of sp³-hybridized carbons (Fsp3) is 0.125. The summed E-state index contributed by atoms with van der Waals surface area (Å²) in [7, 11) is 0. The van der Waals surface area contributed by atoms with E-state index in [1.165, 1.54) is 0 Å². The maximum absolute atomic E-state index is 5.78. The summed E-state index contributed by atoms with van der Waals surface area (Å²) in [6.07, 6.45) is 3.75. The molecule has 0 saturated heterocycles.